The van der Waals surface area contributed by atoms with Crippen LogP contribution in [-0.2, 0) is 0 Å². The number of ether oxygens (including phenoxy) is 1. The Morgan fingerprint density at radius 3 is 2.39 bits per heavy atom. The molecule has 1 fully saturated rings. The van der Waals surface area contributed by atoms with Gasteiger partial charge in [0.2, 0.25) is 0 Å². The molecule has 2 aromatic rings. The summed E-state index contributed by atoms with van der Waals surface area (Å²) in [5.41, 5.74) is 0.357. The van der Waals surface area contributed by atoms with Crippen molar-refractivity contribution in [3.05, 3.63) is 65.5 Å². The molecular formula is C20H18F3N3O2. The number of hydrogen-bond acceptors (Lipinski definition) is 3. The van der Waals surface area contributed by atoms with Crippen LogP contribution in [0.25, 0.3) is 0 Å². The molecule has 2 aromatic carbocycles. The smallest absolute Gasteiger partial charge is 0.341 e. The first-order valence-electron chi connectivity index (χ1n) is 8.93. The molecule has 0 radical (unpaired) electrons. The van der Waals surface area contributed by atoms with Crippen LogP contribution in [0.4, 0.5) is 18.0 Å². The molecule has 2 aliphatic rings. The van der Waals surface area contributed by atoms with Crippen LogP contribution in [0.5, 0.6) is 5.75 Å². The highest BCUT2D eigenvalue weighted by atomic mass is 19.1. The fourth-order valence-corrected chi connectivity index (χ4v) is 3.43. The number of amides is 2. The van der Waals surface area contributed by atoms with Crippen LogP contribution in [0.3, 0.4) is 0 Å². The van der Waals surface area contributed by atoms with Gasteiger partial charge in [-0.25, -0.2) is 23.0 Å². The lowest BCUT2D eigenvalue weighted by Crippen LogP contribution is -2.64. The molecule has 0 saturated carbocycles. The van der Waals surface area contributed by atoms with Crippen molar-refractivity contribution in [3.63, 3.8) is 0 Å². The quantitative estimate of drug-likeness (QED) is 0.793. The van der Waals surface area contributed by atoms with Gasteiger partial charge in [-0.2, -0.15) is 5.10 Å². The SMILES string of the molecule is C[C@@H]1[C@@H](Oc2ccc(F)cc2)CN1C(=O)N1N=CC[C@H]1c1cc(F)cc(F)c1. The Labute approximate surface area is 160 Å². The summed E-state index contributed by atoms with van der Waals surface area (Å²) in [6, 6.07) is 7.77. The number of likely N-dealkylation sites (tertiary alicyclic amines) is 1. The van der Waals surface area contributed by atoms with E-state index >= 15 is 0 Å². The van der Waals surface area contributed by atoms with Crippen molar-refractivity contribution in [1.82, 2.24) is 9.91 Å². The van der Waals surface area contributed by atoms with Crippen molar-refractivity contribution in [2.75, 3.05) is 6.54 Å². The third-order valence-corrected chi connectivity index (χ3v) is 5.05. The number of urea groups is 1. The Bertz CT molecular complexity index is 899. The Hall–Kier alpha value is -3.03. The molecule has 0 bridgehead atoms. The van der Waals surface area contributed by atoms with E-state index in [2.05, 4.69) is 5.10 Å². The maximum Gasteiger partial charge on any atom is 0.341 e. The van der Waals surface area contributed by atoms with Gasteiger partial charge < -0.3 is 9.64 Å². The fourth-order valence-electron chi connectivity index (χ4n) is 3.43. The molecule has 0 unspecified atom stereocenters. The molecule has 2 aliphatic heterocycles. The van der Waals surface area contributed by atoms with Crippen LogP contribution in [-0.4, -0.2) is 40.8 Å². The number of carbonyl (C=O) groups excluding carboxylic acids is 1. The van der Waals surface area contributed by atoms with E-state index < -0.39 is 17.7 Å². The van der Waals surface area contributed by atoms with Gasteiger partial charge >= 0.3 is 6.03 Å². The topological polar surface area (TPSA) is 45.1 Å². The third-order valence-electron chi connectivity index (χ3n) is 5.05. The van der Waals surface area contributed by atoms with Gasteiger partial charge in [-0.1, -0.05) is 0 Å². The van der Waals surface area contributed by atoms with E-state index in [1.165, 1.54) is 41.4 Å². The summed E-state index contributed by atoms with van der Waals surface area (Å²) in [5, 5.41) is 5.35. The summed E-state index contributed by atoms with van der Waals surface area (Å²) in [4.78, 5) is 14.5. The van der Waals surface area contributed by atoms with Crippen LogP contribution >= 0.6 is 0 Å². The van der Waals surface area contributed by atoms with Gasteiger partial charge in [0.1, 0.15) is 29.3 Å². The molecule has 4 rings (SSSR count). The monoisotopic (exact) mass is 389 g/mol. The molecule has 2 heterocycles. The minimum Gasteiger partial charge on any atom is -0.486 e. The molecule has 0 aliphatic carbocycles. The van der Waals surface area contributed by atoms with Crippen molar-refractivity contribution >= 4 is 12.2 Å². The van der Waals surface area contributed by atoms with E-state index in [-0.39, 0.29) is 24.0 Å². The lowest BCUT2D eigenvalue weighted by molar-refractivity contribution is -0.0197. The summed E-state index contributed by atoms with van der Waals surface area (Å²) < 4.78 is 45.9. The number of rotatable bonds is 3. The highest BCUT2D eigenvalue weighted by molar-refractivity contribution is 5.79. The summed E-state index contributed by atoms with van der Waals surface area (Å²) in [6.07, 6.45) is 1.71. The molecule has 0 N–H and O–H groups in total. The largest absolute Gasteiger partial charge is 0.486 e. The molecule has 3 atom stereocenters. The molecule has 1 saturated heterocycles. The number of benzene rings is 2. The van der Waals surface area contributed by atoms with Gasteiger partial charge in [-0.05, 0) is 48.9 Å². The standard InChI is InChI=1S/C20H18F3N3O2/c1-12-19(28-17-4-2-14(21)3-5-17)11-25(12)20(27)26-18(6-7-24-26)13-8-15(22)10-16(23)9-13/h2-5,7-10,12,18-19H,6,11H2,1H3/t12-,18+,19+/m1/s1. The second kappa shape index (κ2) is 7.18. The first-order valence-corrected chi connectivity index (χ1v) is 8.93. The lowest BCUT2D eigenvalue weighted by atomic mass is 10.0. The van der Waals surface area contributed by atoms with Crippen LogP contribution in [0, 0.1) is 17.5 Å². The van der Waals surface area contributed by atoms with Crippen molar-refractivity contribution in [1.29, 1.82) is 0 Å². The molecule has 5 nitrogen and oxygen atoms in total. The highest BCUT2D eigenvalue weighted by Crippen LogP contribution is 2.33. The Balaban J connectivity index is 1.43. The van der Waals surface area contributed by atoms with Gasteiger partial charge in [0.25, 0.3) is 0 Å². The lowest BCUT2D eigenvalue weighted by Gasteiger charge is -2.46. The zero-order valence-corrected chi connectivity index (χ0v) is 15.1. The molecule has 28 heavy (non-hydrogen) atoms. The summed E-state index contributed by atoms with van der Waals surface area (Å²) in [6.45, 7) is 2.18. The summed E-state index contributed by atoms with van der Waals surface area (Å²) in [5.74, 6) is -1.21. The number of hydrogen-bond donors (Lipinski definition) is 0. The van der Waals surface area contributed by atoms with Crippen molar-refractivity contribution in [2.45, 2.75) is 31.5 Å². The summed E-state index contributed by atoms with van der Waals surface area (Å²) in [7, 11) is 0. The number of hydrazone groups is 1. The number of nitrogens with zero attached hydrogens (tertiary/aromatic N) is 3. The average molecular weight is 389 g/mol. The van der Waals surface area contributed by atoms with Crippen molar-refractivity contribution in [3.8, 4) is 5.75 Å². The van der Waals surface area contributed by atoms with Crippen LogP contribution < -0.4 is 4.74 Å². The van der Waals surface area contributed by atoms with E-state index in [0.717, 1.165) is 6.07 Å². The number of halogens is 3. The van der Waals surface area contributed by atoms with Gasteiger partial charge in [0, 0.05) is 18.7 Å². The molecule has 2 amide bonds. The van der Waals surface area contributed by atoms with Crippen LogP contribution in [0.15, 0.2) is 47.6 Å². The van der Waals surface area contributed by atoms with Gasteiger partial charge in [0.15, 0.2) is 0 Å². The molecule has 8 heteroatoms. The van der Waals surface area contributed by atoms with Gasteiger partial charge in [-0.15, -0.1) is 0 Å². The predicted molar refractivity (Wildman–Crippen MR) is 96.4 cm³/mol. The first kappa shape index (κ1) is 18.3. The van der Waals surface area contributed by atoms with E-state index in [1.54, 1.807) is 11.1 Å². The van der Waals surface area contributed by atoms with Gasteiger partial charge in [0.05, 0.1) is 18.6 Å². The molecule has 0 spiro atoms. The van der Waals surface area contributed by atoms with Gasteiger partial charge in [-0.3, -0.25) is 0 Å². The maximum absolute atomic E-state index is 13.6. The highest BCUT2D eigenvalue weighted by Gasteiger charge is 2.44. The second-order valence-corrected chi connectivity index (χ2v) is 6.88. The van der Waals surface area contributed by atoms with Crippen molar-refractivity contribution in [2.24, 2.45) is 5.10 Å². The first-order chi connectivity index (χ1) is 13.4. The normalized spacial score (nSPS) is 23.6. The third kappa shape index (κ3) is 3.42. The predicted octanol–water partition coefficient (Wildman–Crippen LogP) is 4.11. The molecule has 0 aromatic heterocycles. The molecular weight excluding hydrogens is 371 g/mol. The maximum atomic E-state index is 13.6. The fraction of sp³-hybridized carbons (Fsp3) is 0.300. The number of carbonyl (C=O) groups is 1. The second-order valence-electron chi connectivity index (χ2n) is 6.88. The van der Waals surface area contributed by atoms with Crippen molar-refractivity contribution < 1.29 is 22.7 Å². The van der Waals surface area contributed by atoms with E-state index in [9.17, 15) is 18.0 Å². The summed E-state index contributed by atoms with van der Waals surface area (Å²) >= 11 is 0. The zero-order valence-electron chi connectivity index (χ0n) is 15.1. The average Bonchev–Trinajstić information content (AvgIpc) is 3.14. The van der Waals surface area contributed by atoms with Crippen LogP contribution in [0.2, 0.25) is 0 Å². The Kier molecular flexibility index (Phi) is 4.70. The zero-order chi connectivity index (χ0) is 19.8. The Morgan fingerprint density at radius 1 is 1.07 bits per heavy atom. The minimum atomic E-state index is -0.695. The van der Waals surface area contributed by atoms with E-state index in [0.29, 0.717) is 24.3 Å². The minimum absolute atomic E-state index is 0.224. The van der Waals surface area contributed by atoms with E-state index in [4.69, 9.17) is 4.74 Å². The molecule has 146 valence electrons. The van der Waals surface area contributed by atoms with E-state index in [1.807, 2.05) is 6.92 Å². The van der Waals surface area contributed by atoms with Crippen LogP contribution in [0.1, 0.15) is 24.9 Å². The Morgan fingerprint density at radius 2 is 1.75 bits per heavy atom.